The molecule has 0 N–H and O–H groups in total. The zero-order chi connectivity index (χ0) is 29.0. The van der Waals surface area contributed by atoms with Gasteiger partial charge in [0.25, 0.3) is 17.1 Å². The number of nitro groups is 3. The number of fused-ring (bicyclic) bond motifs is 6. The van der Waals surface area contributed by atoms with Crippen molar-refractivity contribution in [1.82, 2.24) is 0 Å². The monoisotopic (exact) mass is 551 g/mol. The number of methoxy groups -OCH3 is 3. The second-order valence-electron chi connectivity index (χ2n) is 9.52. The number of nitro benzene ring substituents is 3. The summed E-state index contributed by atoms with van der Waals surface area (Å²) in [5.74, 6) is 1.48. The molecule has 12 nitrogen and oxygen atoms in total. The van der Waals surface area contributed by atoms with Gasteiger partial charge in [-0.05, 0) is 44.9 Å². The molecule has 0 saturated carbocycles. The Bertz CT molecular complexity index is 1390. The van der Waals surface area contributed by atoms with Gasteiger partial charge in [0.15, 0.2) is 0 Å². The predicted molar refractivity (Wildman–Crippen MR) is 146 cm³/mol. The van der Waals surface area contributed by atoms with Crippen LogP contribution in [0.1, 0.15) is 39.8 Å². The Morgan fingerprint density at radius 3 is 0.900 bits per heavy atom. The lowest BCUT2D eigenvalue weighted by atomic mass is 9.92. The van der Waals surface area contributed by atoms with Crippen LogP contribution in [0.25, 0.3) is 0 Å². The summed E-state index contributed by atoms with van der Waals surface area (Å²) in [5, 5.41) is 35.3. The average molecular weight is 552 g/mol. The lowest BCUT2D eigenvalue weighted by Gasteiger charge is -2.18. The van der Waals surface area contributed by atoms with Crippen LogP contribution in [0, 0.1) is 30.3 Å². The summed E-state index contributed by atoms with van der Waals surface area (Å²) >= 11 is 0. The van der Waals surface area contributed by atoms with E-state index in [9.17, 15) is 30.3 Å². The number of rotatable bonds is 6. The molecule has 40 heavy (non-hydrogen) atoms. The molecule has 0 fully saturated rings. The lowest BCUT2D eigenvalue weighted by molar-refractivity contribution is -0.385. The fourth-order valence-electron chi connectivity index (χ4n) is 5.43. The molecule has 6 bridgehead atoms. The summed E-state index contributed by atoms with van der Waals surface area (Å²) in [7, 11) is 4.47. The number of benzene rings is 3. The quantitative estimate of drug-likeness (QED) is 0.285. The molecule has 210 valence electrons. The molecule has 0 radical (unpaired) electrons. The maximum absolute atomic E-state index is 11.8. The van der Waals surface area contributed by atoms with Gasteiger partial charge in [-0.25, -0.2) is 0 Å². The highest BCUT2D eigenvalue weighted by atomic mass is 16.6. The van der Waals surface area contributed by atoms with Crippen molar-refractivity contribution in [3.05, 3.63) is 100 Å². The average Bonchev–Trinajstić information content (AvgIpc) is 2.93. The molecule has 4 rings (SSSR count). The van der Waals surface area contributed by atoms with Crippen molar-refractivity contribution in [1.29, 1.82) is 0 Å². The van der Waals surface area contributed by atoms with Gasteiger partial charge in [0.1, 0.15) is 17.2 Å². The second-order valence-corrected chi connectivity index (χ2v) is 9.52. The Labute approximate surface area is 229 Å². The van der Waals surface area contributed by atoms with E-state index < -0.39 is 14.8 Å². The molecule has 1 aliphatic carbocycles. The zero-order valence-electron chi connectivity index (χ0n) is 22.4. The molecule has 0 unspecified atom stereocenters. The van der Waals surface area contributed by atoms with Gasteiger partial charge < -0.3 is 14.2 Å². The van der Waals surface area contributed by atoms with E-state index in [-0.39, 0.29) is 17.1 Å². The van der Waals surface area contributed by atoms with Gasteiger partial charge in [0.05, 0.1) is 36.1 Å². The Morgan fingerprint density at radius 1 is 0.475 bits per heavy atom. The van der Waals surface area contributed by atoms with Crippen LogP contribution in [-0.2, 0) is 38.5 Å². The summed E-state index contributed by atoms with van der Waals surface area (Å²) in [4.78, 5) is 33.9. The van der Waals surface area contributed by atoms with Gasteiger partial charge >= 0.3 is 0 Å². The smallest absolute Gasteiger partial charge is 0.270 e. The highest BCUT2D eigenvalue weighted by molar-refractivity contribution is 5.55. The van der Waals surface area contributed by atoms with Crippen LogP contribution in [0.5, 0.6) is 17.2 Å². The summed E-state index contributed by atoms with van der Waals surface area (Å²) in [5.41, 5.74) is 3.31. The maximum atomic E-state index is 11.8. The van der Waals surface area contributed by atoms with E-state index in [1.54, 1.807) is 0 Å². The van der Waals surface area contributed by atoms with E-state index in [0.29, 0.717) is 95.6 Å². The second kappa shape index (κ2) is 12.0. The minimum Gasteiger partial charge on any atom is -0.496 e. The van der Waals surface area contributed by atoms with E-state index in [0.717, 1.165) is 0 Å². The van der Waals surface area contributed by atoms with E-state index >= 15 is 0 Å². The van der Waals surface area contributed by atoms with Crippen LogP contribution in [0.2, 0.25) is 0 Å². The first kappa shape index (κ1) is 28.3. The highest BCUT2D eigenvalue weighted by Gasteiger charge is 2.23. The normalized spacial score (nSPS) is 13.3. The molecule has 0 saturated heterocycles. The molecule has 3 aromatic carbocycles. The number of aryl methyl sites for hydroxylation is 6. The standard InChI is InChI=1S/C28H29N3O9/c1-38-26-17-5-4-6-18-12-24(30(34)35)14-20(27(18)39-2)8-10-22-16-25(31(36)37)15-21(28(22)40-3)9-7-19(26)13-23(11-17)29(32)33/h11-16H,4-10H2,1-3H3. The number of hydrogen-bond acceptors (Lipinski definition) is 9. The molecule has 0 atom stereocenters. The van der Waals surface area contributed by atoms with Crippen LogP contribution in [0.15, 0.2) is 36.4 Å². The van der Waals surface area contributed by atoms with Crippen molar-refractivity contribution in [3.63, 3.8) is 0 Å². The molecule has 0 amide bonds. The Morgan fingerprint density at radius 2 is 0.700 bits per heavy atom. The van der Waals surface area contributed by atoms with Gasteiger partial charge in [-0.3, -0.25) is 30.3 Å². The van der Waals surface area contributed by atoms with E-state index in [1.807, 2.05) is 0 Å². The van der Waals surface area contributed by atoms with Crippen molar-refractivity contribution >= 4 is 17.1 Å². The summed E-state index contributed by atoms with van der Waals surface area (Å²) < 4.78 is 17.1. The Hall–Kier alpha value is -4.74. The van der Waals surface area contributed by atoms with E-state index in [4.69, 9.17) is 14.2 Å². The highest BCUT2D eigenvalue weighted by Crippen LogP contribution is 2.37. The number of ether oxygens (including phenoxy) is 3. The van der Waals surface area contributed by atoms with Crippen molar-refractivity contribution in [2.75, 3.05) is 21.3 Å². The largest absolute Gasteiger partial charge is 0.496 e. The molecular formula is C28H29N3O9. The van der Waals surface area contributed by atoms with Crippen LogP contribution >= 0.6 is 0 Å². The lowest BCUT2D eigenvalue weighted by Crippen LogP contribution is -2.07. The van der Waals surface area contributed by atoms with Gasteiger partial charge in [-0.15, -0.1) is 0 Å². The minimum atomic E-state index is -0.483. The van der Waals surface area contributed by atoms with E-state index in [1.165, 1.54) is 57.7 Å². The first-order valence-corrected chi connectivity index (χ1v) is 12.7. The third-order valence-electron chi connectivity index (χ3n) is 7.15. The van der Waals surface area contributed by atoms with Crippen LogP contribution in [0.4, 0.5) is 17.1 Å². The third-order valence-corrected chi connectivity index (χ3v) is 7.15. The summed E-state index contributed by atoms with van der Waals surface area (Å²) in [6.07, 6.45) is 2.64. The number of non-ortho nitro benzene ring substituents is 3. The Kier molecular flexibility index (Phi) is 8.46. The molecule has 0 aromatic heterocycles. The molecule has 3 aromatic rings. The molecule has 0 aliphatic heterocycles. The first-order valence-electron chi connectivity index (χ1n) is 12.7. The van der Waals surface area contributed by atoms with Gasteiger partial charge in [0, 0.05) is 69.8 Å². The first-order chi connectivity index (χ1) is 19.2. The van der Waals surface area contributed by atoms with Crippen molar-refractivity contribution in [2.24, 2.45) is 0 Å². The number of nitrogens with zero attached hydrogens (tertiary/aromatic N) is 3. The molecular weight excluding hydrogens is 522 g/mol. The number of hydrogen-bond donors (Lipinski definition) is 0. The maximum Gasteiger partial charge on any atom is 0.270 e. The third kappa shape index (κ3) is 5.80. The summed E-state index contributed by atoms with van der Waals surface area (Å²) in [6, 6.07) is 8.78. The topological polar surface area (TPSA) is 157 Å². The van der Waals surface area contributed by atoms with Crippen molar-refractivity contribution in [2.45, 2.75) is 44.9 Å². The van der Waals surface area contributed by atoms with Gasteiger partial charge in [-0.2, -0.15) is 0 Å². The van der Waals surface area contributed by atoms with Crippen molar-refractivity contribution in [3.8, 4) is 17.2 Å². The van der Waals surface area contributed by atoms with E-state index in [2.05, 4.69) is 0 Å². The molecule has 12 heteroatoms. The summed E-state index contributed by atoms with van der Waals surface area (Å²) in [6.45, 7) is 0. The fraction of sp³-hybridized carbons (Fsp3) is 0.357. The molecule has 1 aliphatic rings. The molecule has 0 heterocycles. The van der Waals surface area contributed by atoms with Gasteiger partial charge in [0.2, 0.25) is 0 Å². The SMILES string of the molecule is COc1c2cc([N+](=O)[O-])cc1CCc1cc([N+](=O)[O-])cc(c1OC)CCc1cc([N+](=O)[O-])cc(c1OC)CCC2. The van der Waals surface area contributed by atoms with Crippen LogP contribution in [-0.4, -0.2) is 36.1 Å². The molecule has 0 spiro atoms. The fourth-order valence-corrected chi connectivity index (χ4v) is 5.43. The van der Waals surface area contributed by atoms with Crippen molar-refractivity contribution < 1.29 is 29.0 Å². The minimum absolute atomic E-state index is 0.0890. The zero-order valence-corrected chi connectivity index (χ0v) is 22.4. The van der Waals surface area contributed by atoms with Gasteiger partial charge in [-0.1, -0.05) is 0 Å². The van der Waals surface area contributed by atoms with Crippen LogP contribution in [0.3, 0.4) is 0 Å². The Balaban J connectivity index is 1.95. The predicted octanol–water partition coefficient (Wildman–Crippen LogP) is 5.50. The van der Waals surface area contributed by atoms with Crippen LogP contribution < -0.4 is 14.2 Å².